The highest BCUT2D eigenvalue weighted by molar-refractivity contribution is 5.83. The number of nitrogens with two attached hydrogens (primary N) is 1. The van der Waals surface area contributed by atoms with Crippen LogP contribution in [0.15, 0.2) is 54.9 Å². The van der Waals surface area contributed by atoms with Crippen molar-refractivity contribution in [3.8, 4) is 16.9 Å². The molecule has 3 heterocycles. The number of likely N-dealkylation sites (tertiary alicyclic amines) is 1. The maximum atomic E-state index is 6.26. The van der Waals surface area contributed by atoms with Crippen LogP contribution in [0.3, 0.4) is 0 Å². The summed E-state index contributed by atoms with van der Waals surface area (Å²) in [5.74, 6) is 2.13. The number of ether oxygens (including phenoxy) is 1. The Morgan fingerprint density at radius 1 is 1.19 bits per heavy atom. The van der Waals surface area contributed by atoms with E-state index in [0.29, 0.717) is 5.82 Å². The van der Waals surface area contributed by atoms with E-state index in [2.05, 4.69) is 44.8 Å². The Balaban J connectivity index is 1.42. The van der Waals surface area contributed by atoms with Crippen LogP contribution in [0.25, 0.3) is 11.1 Å². The van der Waals surface area contributed by atoms with E-state index in [1.165, 1.54) is 11.9 Å². The number of benzene rings is 1. The first-order chi connectivity index (χ1) is 15.6. The van der Waals surface area contributed by atoms with Crippen molar-refractivity contribution in [3.05, 3.63) is 54.9 Å². The Hall–Kier alpha value is -2.90. The van der Waals surface area contributed by atoms with Crippen molar-refractivity contribution in [3.63, 3.8) is 0 Å². The summed E-state index contributed by atoms with van der Waals surface area (Å²) >= 11 is 0. The lowest BCUT2D eigenvalue weighted by molar-refractivity contribution is 0.114. The van der Waals surface area contributed by atoms with Crippen molar-refractivity contribution in [2.75, 3.05) is 57.4 Å². The Labute approximate surface area is 191 Å². The molecule has 0 amide bonds. The Morgan fingerprint density at radius 3 is 2.66 bits per heavy atom. The van der Waals surface area contributed by atoms with Gasteiger partial charge in [-0.1, -0.05) is 29.9 Å². The van der Waals surface area contributed by atoms with Crippen molar-refractivity contribution < 1.29 is 4.74 Å². The van der Waals surface area contributed by atoms with Crippen molar-refractivity contribution in [2.24, 2.45) is 0 Å². The first-order valence-corrected chi connectivity index (χ1v) is 11.4. The van der Waals surface area contributed by atoms with Crippen LogP contribution in [0.5, 0.6) is 5.75 Å². The van der Waals surface area contributed by atoms with Crippen LogP contribution < -0.4 is 15.8 Å². The van der Waals surface area contributed by atoms with Gasteiger partial charge in [0.25, 0.3) is 0 Å². The third-order valence-corrected chi connectivity index (χ3v) is 6.25. The lowest BCUT2D eigenvalue weighted by Gasteiger charge is -2.29. The van der Waals surface area contributed by atoms with Crippen molar-refractivity contribution in [1.82, 2.24) is 19.8 Å². The molecule has 4 rings (SSSR count). The fourth-order valence-corrected chi connectivity index (χ4v) is 4.27. The highest BCUT2D eigenvalue weighted by Gasteiger charge is 2.19. The van der Waals surface area contributed by atoms with Gasteiger partial charge in [0.15, 0.2) is 0 Å². The second-order valence-corrected chi connectivity index (χ2v) is 8.64. The number of piperidine rings is 1. The average Bonchev–Trinajstić information content (AvgIpc) is 2.81. The minimum Gasteiger partial charge on any atom is -0.490 e. The molecule has 0 bridgehead atoms. The topological polar surface area (TPSA) is 79.5 Å². The van der Waals surface area contributed by atoms with Gasteiger partial charge in [0.1, 0.15) is 29.8 Å². The van der Waals surface area contributed by atoms with Gasteiger partial charge in [-0.05, 0) is 44.0 Å². The molecule has 7 nitrogen and oxygen atoms in total. The van der Waals surface area contributed by atoms with E-state index in [1.807, 2.05) is 30.3 Å². The van der Waals surface area contributed by atoms with Crippen LogP contribution in [-0.2, 0) is 0 Å². The van der Waals surface area contributed by atoms with Gasteiger partial charge in [-0.25, -0.2) is 9.97 Å². The SMILES string of the molecule is C=CCN1CC=C(CNc2ncnc(N)c2-c2ccc(OC3CCN(C)CC3)cc2)CC1. The van der Waals surface area contributed by atoms with Crippen molar-refractivity contribution in [2.45, 2.75) is 25.4 Å². The highest BCUT2D eigenvalue weighted by atomic mass is 16.5. The summed E-state index contributed by atoms with van der Waals surface area (Å²) in [5, 5.41) is 3.48. The Kier molecular flexibility index (Phi) is 7.39. The predicted molar refractivity (Wildman–Crippen MR) is 131 cm³/mol. The van der Waals surface area contributed by atoms with Crippen LogP contribution in [0, 0.1) is 0 Å². The van der Waals surface area contributed by atoms with Gasteiger partial charge in [-0.2, -0.15) is 0 Å². The molecule has 0 aliphatic carbocycles. The van der Waals surface area contributed by atoms with Crippen LogP contribution in [0.4, 0.5) is 11.6 Å². The highest BCUT2D eigenvalue weighted by Crippen LogP contribution is 2.32. The third kappa shape index (κ3) is 5.66. The fourth-order valence-electron chi connectivity index (χ4n) is 4.27. The Bertz CT molecular complexity index is 934. The second kappa shape index (κ2) is 10.6. The lowest BCUT2D eigenvalue weighted by Crippen LogP contribution is -2.35. The molecule has 2 aliphatic rings. The summed E-state index contributed by atoms with van der Waals surface area (Å²) in [6, 6.07) is 8.11. The molecule has 0 radical (unpaired) electrons. The lowest BCUT2D eigenvalue weighted by atomic mass is 10.1. The number of aromatic nitrogens is 2. The smallest absolute Gasteiger partial charge is 0.139 e. The normalized spacial score (nSPS) is 18.2. The van der Waals surface area contributed by atoms with E-state index >= 15 is 0 Å². The van der Waals surface area contributed by atoms with Crippen LogP contribution in [0.2, 0.25) is 0 Å². The summed E-state index contributed by atoms with van der Waals surface area (Å²) in [4.78, 5) is 13.4. The van der Waals surface area contributed by atoms with E-state index in [9.17, 15) is 0 Å². The number of hydrogen-bond acceptors (Lipinski definition) is 7. The average molecular weight is 435 g/mol. The molecule has 1 aromatic heterocycles. The van der Waals surface area contributed by atoms with E-state index in [-0.39, 0.29) is 6.10 Å². The number of anilines is 2. The molecule has 2 aromatic rings. The fraction of sp³-hybridized carbons (Fsp3) is 0.440. The summed E-state index contributed by atoms with van der Waals surface area (Å²) in [6.07, 6.45) is 9.21. The first-order valence-electron chi connectivity index (χ1n) is 11.4. The van der Waals surface area contributed by atoms with Gasteiger partial charge in [-0.15, -0.1) is 6.58 Å². The van der Waals surface area contributed by atoms with E-state index in [4.69, 9.17) is 10.5 Å². The number of nitrogen functional groups attached to an aromatic ring is 1. The zero-order valence-corrected chi connectivity index (χ0v) is 19.0. The van der Waals surface area contributed by atoms with Gasteiger partial charge in [0, 0.05) is 39.3 Å². The quantitative estimate of drug-likeness (QED) is 0.616. The van der Waals surface area contributed by atoms with Gasteiger partial charge >= 0.3 is 0 Å². The molecular formula is C25H34N6O. The van der Waals surface area contributed by atoms with Crippen LogP contribution in [-0.4, -0.2) is 72.2 Å². The molecule has 1 saturated heterocycles. The molecular weight excluding hydrogens is 400 g/mol. The summed E-state index contributed by atoms with van der Waals surface area (Å²) in [5.41, 5.74) is 9.46. The maximum absolute atomic E-state index is 6.26. The second-order valence-electron chi connectivity index (χ2n) is 8.64. The van der Waals surface area contributed by atoms with Gasteiger partial charge in [0.2, 0.25) is 0 Å². The molecule has 0 unspecified atom stereocenters. The van der Waals surface area contributed by atoms with Crippen molar-refractivity contribution >= 4 is 11.6 Å². The number of rotatable bonds is 8. The number of nitrogens with one attached hydrogen (secondary N) is 1. The molecule has 170 valence electrons. The van der Waals surface area contributed by atoms with Crippen LogP contribution >= 0.6 is 0 Å². The summed E-state index contributed by atoms with van der Waals surface area (Å²) in [7, 11) is 2.16. The molecule has 32 heavy (non-hydrogen) atoms. The van der Waals surface area contributed by atoms with Crippen LogP contribution in [0.1, 0.15) is 19.3 Å². The third-order valence-electron chi connectivity index (χ3n) is 6.25. The zero-order chi connectivity index (χ0) is 22.3. The Morgan fingerprint density at radius 2 is 1.97 bits per heavy atom. The van der Waals surface area contributed by atoms with Gasteiger partial charge in [0.05, 0.1) is 5.56 Å². The minimum atomic E-state index is 0.283. The summed E-state index contributed by atoms with van der Waals surface area (Å²) in [6.45, 7) is 9.68. The molecule has 1 aromatic carbocycles. The summed E-state index contributed by atoms with van der Waals surface area (Å²) < 4.78 is 6.19. The predicted octanol–water partition coefficient (Wildman–Crippen LogP) is 3.43. The molecule has 1 fully saturated rings. The molecule has 7 heteroatoms. The molecule has 0 atom stereocenters. The number of nitrogens with zero attached hydrogens (tertiary/aromatic N) is 4. The van der Waals surface area contributed by atoms with Gasteiger partial charge < -0.3 is 20.7 Å². The zero-order valence-electron chi connectivity index (χ0n) is 19.0. The monoisotopic (exact) mass is 434 g/mol. The minimum absolute atomic E-state index is 0.283. The maximum Gasteiger partial charge on any atom is 0.139 e. The molecule has 0 saturated carbocycles. The van der Waals surface area contributed by atoms with Crippen molar-refractivity contribution in [1.29, 1.82) is 0 Å². The van der Waals surface area contributed by atoms with E-state index in [0.717, 1.165) is 81.2 Å². The molecule has 3 N–H and O–H groups in total. The van der Waals surface area contributed by atoms with E-state index in [1.54, 1.807) is 0 Å². The molecule has 0 spiro atoms. The van der Waals surface area contributed by atoms with E-state index < -0.39 is 0 Å². The van der Waals surface area contributed by atoms with Gasteiger partial charge in [-0.3, -0.25) is 4.90 Å². The number of hydrogen-bond donors (Lipinski definition) is 2. The standard InChI is InChI=1S/C25H34N6O/c1-3-12-31-15-8-19(9-16-31)17-27-25-23(24(26)28-18-29-25)20-4-6-21(7-5-20)32-22-10-13-30(2)14-11-22/h3-8,18,22H,1,9-17H2,2H3,(H3,26,27,28,29). The largest absolute Gasteiger partial charge is 0.490 e. The first kappa shape index (κ1) is 22.3. The molecule has 2 aliphatic heterocycles.